The van der Waals surface area contributed by atoms with Crippen molar-refractivity contribution in [1.82, 2.24) is 4.98 Å². The van der Waals surface area contributed by atoms with Crippen molar-refractivity contribution in [3.05, 3.63) is 29.6 Å². The number of aromatic nitrogens is 1. The van der Waals surface area contributed by atoms with Gasteiger partial charge in [0.15, 0.2) is 0 Å². The van der Waals surface area contributed by atoms with Gasteiger partial charge in [0.2, 0.25) is 0 Å². The van der Waals surface area contributed by atoms with E-state index in [-0.39, 0.29) is 12.3 Å². The summed E-state index contributed by atoms with van der Waals surface area (Å²) in [5, 5.41) is 8.65. The van der Waals surface area contributed by atoms with Crippen molar-refractivity contribution in [2.75, 3.05) is 6.54 Å². The smallest absolute Gasteiger partial charge is 0.304 e. The first-order valence-corrected chi connectivity index (χ1v) is 4.48. The largest absolute Gasteiger partial charge is 0.481 e. The Balaban J connectivity index is 2.78. The Labute approximate surface area is 82.8 Å². The van der Waals surface area contributed by atoms with Crippen LogP contribution in [0.3, 0.4) is 0 Å². The van der Waals surface area contributed by atoms with Crippen molar-refractivity contribution >= 4 is 5.97 Å². The third-order valence-electron chi connectivity index (χ3n) is 2.11. The number of carboxylic acids is 1. The van der Waals surface area contributed by atoms with Gasteiger partial charge in [-0.15, -0.1) is 0 Å². The summed E-state index contributed by atoms with van der Waals surface area (Å²) in [6, 6.07) is 3.74. The minimum absolute atomic E-state index is 0.0568. The van der Waals surface area contributed by atoms with E-state index in [1.54, 1.807) is 6.20 Å². The van der Waals surface area contributed by atoms with Crippen molar-refractivity contribution < 1.29 is 9.90 Å². The Hall–Kier alpha value is -1.42. The first-order valence-electron chi connectivity index (χ1n) is 4.48. The molecule has 1 rings (SSSR count). The predicted molar refractivity (Wildman–Crippen MR) is 53.0 cm³/mol. The van der Waals surface area contributed by atoms with E-state index in [2.05, 4.69) is 4.98 Å². The molecule has 14 heavy (non-hydrogen) atoms. The van der Waals surface area contributed by atoms with Gasteiger partial charge in [-0.2, -0.15) is 0 Å². The standard InChI is InChI=1S/C10H14N2O2/c1-7-2-3-8(6-12-7)9(5-11)4-10(13)14/h2-3,6,9H,4-5,11H2,1H3,(H,13,14). The summed E-state index contributed by atoms with van der Waals surface area (Å²) in [5.41, 5.74) is 7.31. The first kappa shape index (κ1) is 10.7. The lowest BCUT2D eigenvalue weighted by Gasteiger charge is -2.11. The maximum absolute atomic E-state index is 10.5. The van der Waals surface area contributed by atoms with Gasteiger partial charge in [0.25, 0.3) is 0 Å². The second-order valence-electron chi connectivity index (χ2n) is 3.26. The number of hydrogen-bond acceptors (Lipinski definition) is 3. The van der Waals surface area contributed by atoms with Gasteiger partial charge >= 0.3 is 5.97 Å². The van der Waals surface area contributed by atoms with E-state index >= 15 is 0 Å². The second-order valence-corrected chi connectivity index (χ2v) is 3.26. The van der Waals surface area contributed by atoms with Gasteiger partial charge in [-0.1, -0.05) is 6.07 Å². The molecule has 0 saturated carbocycles. The summed E-state index contributed by atoms with van der Waals surface area (Å²) in [6.07, 6.45) is 1.75. The Morgan fingerprint density at radius 1 is 1.64 bits per heavy atom. The zero-order valence-corrected chi connectivity index (χ0v) is 8.10. The van der Waals surface area contributed by atoms with E-state index in [0.29, 0.717) is 6.54 Å². The van der Waals surface area contributed by atoms with E-state index < -0.39 is 5.97 Å². The van der Waals surface area contributed by atoms with Crippen molar-refractivity contribution in [2.24, 2.45) is 5.73 Å². The SMILES string of the molecule is Cc1ccc(C(CN)CC(=O)O)cn1. The summed E-state index contributed by atoms with van der Waals surface area (Å²) in [4.78, 5) is 14.6. The molecule has 0 aliphatic carbocycles. The second kappa shape index (κ2) is 4.72. The molecule has 76 valence electrons. The molecular formula is C10H14N2O2. The van der Waals surface area contributed by atoms with Crippen LogP contribution in [0, 0.1) is 6.92 Å². The van der Waals surface area contributed by atoms with Crippen LogP contribution in [-0.4, -0.2) is 22.6 Å². The molecule has 4 heteroatoms. The lowest BCUT2D eigenvalue weighted by atomic mass is 9.97. The average Bonchev–Trinajstić information content (AvgIpc) is 2.15. The fraction of sp³-hybridized carbons (Fsp3) is 0.400. The molecule has 0 aliphatic heterocycles. The van der Waals surface area contributed by atoms with E-state index in [1.807, 2.05) is 19.1 Å². The quantitative estimate of drug-likeness (QED) is 0.746. The Bertz CT molecular complexity index is 308. The summed E-state index contributed by atoms with van der Waals surface area (Å²) in [5.74, 6) is -0.971. The van der Waals surface area contributed by atoms with E-state index in [1.165, 1.54) is 0 Å². The number of rotatable bonds is 4. The molecule has 0 saturated heterocycles. The number of aryl methyl sites for hydroxylation is 1. The molecule has 0 amide bonds. The van der Waals surface area contributed by atoms with Crippen LogP contribution in [0.5, 0.6) is 0 Å². The Kier molecular flexibility index (Phi) is 3.59. The highest BCUT2D eigenvalue weighted by Crippen LogP contribution is 2.17. The van der Waals surface area contributed by atoms with E-state index in [4.69, 9.17) is 10.8 Å². The third-order valence-corrected chi connectivity index (χ3v) is 2.11. The molecule has 1 aromatic heterocycles. The Morgan fingerprint density at radius 2 is 2.36 bits per heavy atom. The molecule has 1 aromatic rings. The molecule has 4 nitrogen and oxygen atoms in total. The van der Waals surface area contributed by atoms with Crippen molar-refractivity contribution in [3.8, 4) is 0 Å². The monoisotopic (exact) mass is 194 g/mol. The highest BCUT2D eigenvalue weighted by atomic mass is 16.4. The van der Waals surface area contributed by atoms with Crippen LogP contribution in [0.4, 0.5) is 0 Å². The zero-order chi connectivity index (χ0) is 10.6. The molecule has 0 aliphatic rings. The summed E-state index contributed by atoms with van der Waals surface area (Å²) in [6.45, 7) is 2.22. The number of nitrogens with zero attached hydrogens (tertiary/aromatic N) is 1. The van der Waals surface area contributed by atoms with Crippen molar-refractivity contribution in [3.63, 3.8) is 0 Å². The van der Waals surface area contributed by atoms with Gasteiger partial charge in [-0.3, -0.25) is 9.78 Å². The van der Waals surface area contributed by atoms with Crippen LogP contribution >= 0.6 is 0 Å². The molecule has 1 unspecified atom stereocenters. The number of pyridine rings is 1. The van der Waals surface area contributed by atoms with Crippen molar-refractivity contribution in [2.45, 2.75) is 19.3 Å². The normalized spacial score (nSPS) is 12.4. The molecule has 0 radical (unpaired) electrons. The minimum Gasteiger partial charge on any atom is -0.481 e. The van der Waals surface area contributed by atoms with Crippen LogP contribution in [0.1, 0.15) is 23.6 Å². The van der Waals surface area contributed by atoms with Crippen LogP contribution in [0.2, 0.25) is 0 Å². The van der Waals surface area contributed by atoms with Gasteiger partial charge in [-0.05, 0) is 25.1 Å². The van der Waals surface area contributed by atoms with E-state index in [0.717, 1.165) is 11.3 Å². The lowest BCUT2D eigenvalue weighted by molar-refractivity contribution is -0.137. The maximum Gasteiger partial charge on any atom is 0.304 e. The average molecular weight is 194 g/mol. The number of aliphatic carboxylic acids is 1. The molecule has 0 aromatic carbocycles. The van der Waals surface area contributed by atoms with Crippen LogP contribution in [0.15, 0.2) is 18.3 Å². The molecule has 1 heterocycles. The topological polar surface area (TPSA) is 76.2 Å². The number of nitrogens with two attached hydrogens (primary N) is 1. The molecule has 0 fully saturated rings. The van der Waals surface area contributed by atoms with Gasteiger partial charge in [0, 0.05) is 17.8 Å². The number of carbonyl (C=O) groups is 1. The molecule has 0 spiro atoms. The molecule has 1 atom stereocenters. The molecular weight excluding hydrogens is 180 g/mol. The van der Waals surface area contributed by atoms with Gasteiger partial charge in [-0.25, -0.2) is 0 Å². The number of carboxylic acid groups (broad SMARTS) is 1. The van der Waals surface area contributed by atoms with Crippen molar-refractivity contribution in [1.29, 1.82) is 0 Å². The fourth-order valence-corrected chi connectivity index (χ4v) is 1.27. The third kappa shape index (κ3) is 2.81. The highest BCUT2D eigenvalue weighted by molar-refractivity contribution is 5.68. The summed E-state index contributed by atoms with van der Waals surface area (Å²) >= 11 is 0. The molecule has 3 N–H and O–H groups in total. The zero-order valence-electron chi connectivity index (χ0n) is 8.10. The van der Waals surface area contributed by atoms with Gasteiger partial charge in [0.1, 0.15) is 0 Å². The van der Waals surface area contributed by atoms with Gasteiger partial charge in [0.05, 0.1) is 6.42 Å². The summed E-state index contributed by atoms with van der Waals surface area (Å²) < 4.78 is 0. The highest BCUT2D eigenvalue weighted by Gasteiger charge is 2.13. The fourth-order valence-electron chi connectivity index (χ4n) is 1.27. The minimum atomic E-state index is -0.832. The van der Waals surface area contributed by atoms with Crippen LogP contribution < -0.4 is 5.73 Å². The Morgan fingerprint density at radius 3 is 2.79 bits per heavy atom. The first-order chi connectivity index (χ1) is 6.63. The van der Waals surface area contributed by atoms with E-state index in [9.17, 15) is 4.79 Å². The lowest BCUT2D eigenvalue weighted by Crippen LogP contribution is -2.16. The van der Waals surface area contributed by atoms with Crippen LogP contribution in [0.25, 0.3) is 0 Å². The van der Waals surface area contributed by atoms with Gasteiger partial charge < -0.3 is 10.8 Å². The summed E-state index contributed by atoms with van der Waals surface area (Å²) in [7, 11) is 0. The maximum atomic E-state index is 10.5. The predicted octanol–water partition coefficient (Wildman–Crippen LogP) is 0.907. The number of hydrogen-bond donors (Lipinski definition) is 2. The van der Waals surface area contributed by atoms with Crippen LogP contribution in [-0.2, 0) is 4.79 Å². The molecule has 0 bridgehead atoms.